The minimum absolute atomic E-state index is 0.0593. The molecular weight excluding hydrogens is 310 g/mol. The Labute approximate surface area is 126 Å². The Morgan fingerprint density at radius 1 is 1.27 bits per heavy atom. The molecule has 1 atom stereocenters. The maximum atomic E-state index is 12.2. The smallest absolute Gasteiger partial charge is 0.356 e. The summed E-state index contributed by atoms with van der Waals surface area (Å²) < 4.78 is 29.5. The number of carboxylic acids is 1. The predicted octanol–water partition coefficient (Wildman–Crippen LogP) is 1.00. The molecule has 8 heteroatoms. The highest BCUT2D eigenvalue weighted by molar-refractivity contribution is 7.86. The van der Waals surface area contributed by atoms with Gasteiger partial charge in [0.1, 0.15) is 4.90 Å². The average Bonchev–Trinajstić information content (AvgIpc) is 2.71. The van der Waals surface area contributed by atoms with E-state index >= 15 is 0 Å². The number of hydrogen-bond donors (Lipinski definition) is 1. The second-order valence-electron chi connectivity index (χ2n) is 5.25. The quantitative estimate of drug-likeness (QED) is 0.655. The van der Waals surface area contributed by atoms with Gasteiger partial charge in [0, 0.05) is 12.8 Å². The van der Waals surface area contributed by atoms with Gasteiger partial charge in [-0.3, -0.25) is 9.69 Å². The summed E-state index contributed by atoms with van der Waals surface area (Å²) in [7, 11) is -4.12. The predicted molar refractivity (Wildman–Crippen MR) is 74.0 cm³/mol. The van der Waals surface area contributed by atoms with E-state index in [9.17, 15) is 23.1 Å². The normalized spacial score (nSPS) is 20.7. The van der Waals surface area contributed by atoms with Crippen molar-refractivity contribution in [3.8, 4) is 0 Å². The third-order valence-electron chi connectivity index (χ3n) is 3.69. The fourth-order valence-corrected chi connectivity index (χ4v) is 3.56. The van der Waals surface area contributed by atoms with E-state index in [0.717, 1.165) is 10.5 Å². The molecule has 1 N–H and O–H groups in total. The SMILES string of the molecule is Cc1ccc(S(=O)(=O)OC2=C(C(=O)O)N3C(=O)CC3C2)cc1. The molecule has 0 saturated carbocycles. The first-order valence-electron chi connectivity index (χ1n) is 6.59. The molecule has 0 aliphatic carbocycles. The number of fused-ring (bicyclic) bond motifs is 1. The van der Waals surface area contributed by atoms with Gasteiger partial charge in [0.15, 0.2) is 11.5 Å². The highest BCUT2D eigenvalue weighted by atomic mass is 32.2. The van der Waals surface area contributed by atoms with Crippen LogP contribution in [0.1, 0.15) is 18.4 Å². The van der Waals surface area contributed by atoms with E-state index in [4.69, 9.17) is 4.18 Å². The molecule has 0 radical (unpaired) electrons. The number of benzene rings is 1. The fourth-order valence-electron chi connectivity index (χ4n) is 2.58. The number of nitrogens with zero attached hydrogens (tertiary/aromatic N) is 1. The molecule has 2 heterocycles. The van der Waals surface area contributed by atoms with E-state index in [2.05, 4.69) is 0 Å². The van der Waals surface area contributed by atoms with Crippen molar-refractivity contribution in [3.63, 3.8) is 0 Å². The molecule has 2 aliphatic rings. The molecule has 2 aliphatic heterocycles. The molecule has 7 nitrogen and oxygen atoms in total. The third kappa shape index (κ3) is 2.25. The molecule has 1 aromatic carbocycles. The number of rotatable bonds is 4. The highest BCUT2D eigenvalue weighted by Crippen LogP contribution is 2.39. The van der Waals surface area contributed by atoms with Gasteiger partial charge in [-0.2, -0.15) is 8.42 Å². The fraction of sp³-hybridized carbons (Fsp3) is 0.286. The summed E-state index contributed by atoms with van der Waals surface area (Å²) in [6, 6.07) is 5.70. The summed E-state index contributed by atoms with van der Waals surface area (Å²) in [5, 5.41) is 9.20. The van der Waals surface area contributed by atoms with Gasteiger partial charge < -0.3 is 9.29 Å². The van der Waals surface area contributed by atoms with Gasteiger partial charge in [-0.25, -0.2) is 4.79 Å². The number of aliphatic carboxylic acids is 1. The van der Waals surface area contributed by atoms with Crippen LogP contribution in [0.25, 0.3) is 0 Å². The Morgan fingerprint density at radius 2 is 1.91 bits per heavy atom. The lowest BCUT2D eigenvalue weighted by molar-refractivity contribution is -0.147. The zero-order valence-electron chi connectivity index (χ0n) is 11.6. The minimum Gasteiger partial charge on any atom is -0.476 e. The topological polar surface area (TPSA) is 101 Å². The van der Waals surface area contributed by atoms with Crippen LogP contribution in [-0.4, -0.2) is 36.3 Å². The lowest BCUT2D eigenvalue weighted by Crippen LogP contribution is -2.49. The Balaban J connectivity index is 1.94. The molecule has 3 rings (SSSR count). The summed E-state index contributed by atoms with van der Waals surface area (Å²) in [4.78, 5) is 23.8. The molecule has 1 aromatic rings. The summed E-state index contributed by atoms with van der Waals surface area (Å²) in [6.07, 6.45) is 0.298. The maximum Gasteiger partial charge on any atom is 0.356 e. The highest BCUT2D eigenvalue weighted by Gasteiger charge is 2.49. The molecular formula is C14H13NO6S. The number of β-lactam (4-membered cyclic amide) rings is 1. The molecule has 0 spiro atoms. The Kier molecular flexibility index (Phi) is 3.21. The summed E-state index contributed by atoms with van der Waals surface area (Å²) in [6.45, 7) is 1.82. The average molecular weight is 323 g/mol. The van der Waals surface area contributed by atoms with Crippen molar-refractivity contribution in [3.05, 3.63) is 41.3 Å². The lowest BCUT2D eigenvalue weighted by atomic mass is 10.0. The van der Waals surface area contributed by atoms with Crippen molar-refractivity contribution < 1.29 is 27.3 Å². The van der Waals surface area contributed by atoms with Crippen LogP contribution in [0.4, 0.5) is 0 Å². The van der Waals surface area contributed by atoms with Gasteiger partial charge in [-0.05, 0) is 19.1 Å². The van der Waals surface area contributed by atoms with Gasteiger partial charge >= 0.3 is 16.1 Å². The van der Waals surface area contributed by atoms with Crippen molar-refractivity contribution >= 4 is 22.0 Å². The van der Waals surface area contributed by atoms with Crippen LogP contribution in [0.15, 0.2) is 40.6 Å². The molecule has 1 fully saturated rings. The summed E-state index contributed by atoms with van der Waals surface area (Å²) in [5.41, 5.74) is 0.511. The first-order chi connectivity index (χ1) is 10.3. The molecule has 0 aromatic heterocycles. The zero-order valence-corrected chi connectivity index (χ0v) is 12.5. The Hall–Kier alpha value is -2.35. The van der Waals surface area contributed by atoms with Crippen molar-refractivity contribution in [1.29, 1.82) is 0 Å². The van der Waals surface area contributed by atoms with E-state index in [1.807, 2.05) is 6.92 Å². The van der Waals surface area contributed by atoms with Gasteiger partial charge in [0.05, 0.1) is 6.04 Å². The molecule has 1 amide bonds. The summed E-state index contributed by atoms with van der Waals surface area (Å²) in [5.74, 6) is -1.90. The lowest BCUT2D eigenvalue weighted by Gasteiger charge is -2.34. The second kappa shape index (κ2) is 4.84. The van der Waals surface area contributed by atoms with Crippen LogP contribution in [0.5, 0.6) is 0 Å². The van der Waals surface area contributed by atoms with E-state index < -0.39 is 16.1 Å². The third-order valence-corrected chi connectivity index (χ3v) is 4.96. The molecule has 1 saturated heterocycles. The maximum absolute atomic E-state index is 12.2. The number of carboxylic acid groups (broad SMARTS) is 1. The monoisotopic (exact) mass is 323 g/mol. The standard InChI is InChI=1S/C14H13NO6S/c1-8-2-4-10(5-3-8)22(19,20)21-11-6-9-7-12(16)15(9)13(11)14(17)18/h2-5,9H,6-7H2,1H3,(H,17,18). The molecule has 1 unspecified atom stereocenters. The first-order valence-corrected chi connectivity index (χ1v) is 8.00. The van der Waals surface area contributed by atoms with Crippen LogP contribution < -0.4 is 0 Å². The molecule has 0 bridgehead atoms. The first kappa shape index (κ1) is 14.6. The number of amides is 1. The van der Waals surface area contributed by atoms with Crippen LogP contribution >= 0.6 is 0 Å². The Morgan fingerprint density at radius 3 is 2.45 bits per heavy atom. The number of aryl methyl sites for hydroxylation is 1. The molecule has 22 heavy (non-hydrogen) atoms. The number of carbonyl (C=O) groups is 2. The zero-order chi connectivity index (χ0) is 16.1. The Bertz CT molecular complexity index is 793. The van der Waals surface area contributed by atoms with Crippen molar-refractivity contribution in [1.82, 2.24) is 4.90 Å². The summed E-state index contributed by atoms with van der Waals surface area (Å²) >= 11 is 0. The van der Waals surface area contributed by atoms with Gasteiger partial charge in [0.25, 0.3) is 0 Å². The van der Waals surface area contributed by atoms with Crippen LogP contribution in [0.3, 0.4) is 0 Å². The van der Waals surface area contributed by atoms with E-state index in [0.29, 0.717) is 0 Å². The number of hydrogen-bond acceptors (Lipinski definition) is 5. The van der Waals surface area contributed by atoms with Crippen molar-refractivity contribution in [2.24, 2.45) is 0 Å². The van der Waals surface area contributed by atoms with Crippen LogP contribution in [0, 0.1) is 6.92 Å². The van der Waals surface area contributed by atoms with Crippen molar-refractivity contribution in [2.75, 3.05) is 0 Å². The number of carbonyl (C=O) groups excluding carboxylic acids is 1. The van der Waals surface area contributed by atoms with Gasteiger partial charge in [-0.1, -0.05) is 17.7 Å². The molecule has 116 valence electrons. The second-order valence-corrected chi connectivity index (χ2v) is 6.80. The van der Waals surface area contributed by atoms with E-state index in [-0.39, 0.29) is 41.1 Å². The minimum atomic E-state index is -4.12. The van der Waals surface area contributed by atoms with E-state index in [1.54, 1.807) is 12.1 Å². The van der Waals surface area contributed by atoms with Crippen molar-refractivity contribution in [2.45, 2.75) is 30.7 Å². The van der Waals surface area contributed by atoms with E-state index in [1.165, 1.54) is 12.1 Å². The van der Waals surface area contributed by atoms with Gasteiger partial charge in [-0.15, -0.1) is 0 Å². The van der Waals surface area contributed by atoms with Gasteiger partial charge in [0.2, 0.25) is 5.91 Å². The van der Waals surface area contributed by atoms with Crippen LogP contribution in [-0.2, 0) is 23.9 Å². The van der Waals surface area contributed by atoms with Crippen LogP contribution in [0.2, 0.25) is 0 Å². The largest absolute Gasteiger partial charge is 0.476 e.